The number of carbonyl (C=O) groups excluding carboxylic acids is 3. The summed E-state index contributed by atoms with van der Waals surface area (Å²) in [4.78, 5) is 41.7. The number of benzene rings is 1. The Kier molecular flexibility index (Phi) is 5.50. The van der Waals surface area contributed by atoms with Crippen molar-refractivity contribution in [2.45, 2.75) is 71.0 Å². The standard InChI is InChI=1S/C22H31N3O3/c1-16-10-8-9-13-22(16)19(27)24(20(28)23-22)15-18(26)25(21(2,3)4)14-17-11-6-5-7-12-17/h5-7,11-12,16H,8-10,13-15H2,1-4H3,(H,23,28). The molecule has 28 heavy (non-hydrogen) atoms. The molecule has 0 radical (unpaired) electrons. The van der Waals surface area contributed by atoms with E-state index in [4.69, 9.17) is 0 Å². The number of nitrogens with zero attached hydrogens (tertiary/aromatic N) is 2. The summed E-state index contributed by atoms with van der Waals surface area (Å²) in [7, 11) is 0. The fraction of sp³-hybridized carbons (Fsp3) is 0.591. The van der Waals surface area contributed by atoms with E-state index >= 15 is 0 Å². The maximum atomic E-state index is 13.1. The van der Waals surface area contributed by atoms with Crippen LogP contribution in [0.5, 0.6) is 0 Å². The van der Waals surface area contributed by atoms with Crippen molar-refractivity contribution in [3.63, 3.8) is 0 Å². The molecule has 1 aromatic rings. The van der Waals surface area contributed by atoms with Gasteiger partial charge in [0.05, 0.1) is 0 Å². The van der Waals surface area contributed by atoms with Gasteiger partial charge in [-0.3, -0.25) is 14.5 Å². The molecule has 1 N–H and O–H groups in total. The monoisotopic (exact) mass is 385 g/mol. The lowest BCUT2D eigenvalue weighted by atomic mass is 9.73. The molecule has 0 bridgehead atoms. The van der Waals surface area contributed by atoms with E-state index in [1.165, 1.54) is 0 Å². The lowest BCUT2D eigenvalue weighted by Crippen LogP contribution is -2.54. The molecule has 1 aliphatic carbocycles. The number of carbonyl (C=O) groups is 3. The van der Waals surface area contributed by atoms with Crippen LogP contribution in [0.3, 0.4) is 0 Å². The molecule has 2 aliphatic rings. The zero-order chi connectivity index (χ0) is 20.5. The van der Waals surface area contributed by atoms with Gasteiger partial charge in [-0.15, -0.1) is 0 Å². The summed E-state index contributed by atoms with van der Waals surface area (Å²) < 4.78 is 0. The third kappa shape index (κ3) is 3.77. The van der Waals surface area contributed by atoms with Gasteiger partial charge in [0, 0.05) is 12.1 Å². The van der Waals surface area contributed by atoms with Gasteiger partial charge in [0.1, 0.15) is 12.1 Å². The van der Waals surface area contributed by atoms with Gasteiger partial charge >= 0.3 is 6.03 Å². The van der Waals surface area contributed by atoms with Crippen molar-refractivity contribution in [1.29, 1.82) is 0 Å². The molecule has 2 fully saturated rings. The van der Waals surface area contributed by atoms with Crippen LogP contribution in [0, 0.1) is 5.92 Å². The van der Waals surface area contributed by atoms with E-state index in [2.05, 4.69) is 5.32 Å². The van der Waals surface area contributed by atoms with Crippen molar-refractivity contribution in [3.05, 3.63) is 35.9 Å². The molecule has 1 aliphatic heterocycles. The van der Waals surface area contributed by atoms with Crippen LogP contribution in [0.25, 0.3) is 0 Å². The second-order valence-corrected chi connectivity index (χ2v) is 9.08. The Balaban J connectivity index is 1.78. The van der Waals surface area contributed by atoms with E-state index in [0.717, 1.165) is 29.7 Å². The summed E-state index contributed by atoms with van der Waals surface area (Å²) in [5, 5.41) is 2.92. The lowest BCUT2D eigenvalue weighted by molar-refractivity contribution is -0.143. The first-order chi connectivity index (χ1) is 13.1. The van der Waals surface area contributed by atoms with Crippen molar-refractivity contribution in [3.8, 4) is 0 Å². The molecule has 0 aromatic heterocycles. The van der Waals surface area contributed by atoms with Gasteiger partial charge in [0.15, 0.2) is 0 Å². The van der Waals surface area contributed by atoms with Crippen molar-refractivity contribution >= 4 is 17.8 Å². The third-order valence-corrected chi connectivity index (χ3v) is 6.09. The van der Waals surface area contributed by atoms with Gasteiger partial charge in [0.2, 0.25) is 5.91 Å². The molecule has 1 saturated carbocycles. The summed E-state index contributed by atoms with van der Waals surface area (Å²) in [5.41, 5.74) is -0.246. The topological polar surface area (TPSA) is 69.7 Å². The van der Waals surface area contributed by atoms with Gasteiger partial charge in [-0.05, 0) is 45.1 Å². The average Bonchev–Trinajstić information content (AvgIpc) is 2.87. The Morgan fingerprint density at radius 3 is 2.50 bits per heavy atom. The van der Waals surface area contributed by atoms with Crippen LogP contribution >= 0.6 is 0 Å². The summed E-state index contributed by atoms with van der Waals surface area (Å²) in [6, 6.07) is 9.31. The molecule has 1 aromatic carbocycles. The van der Waals surface area contributed by atoms with E-state index in [-0.39, 0.29) is 24.3 Å². The number of nitrogens with one attached hydrogen (secondary N) is 1. The molecule has 3 rings (SSSR count). The first kappa shape index (κ1) is 20.4. The van der Waals surface area contributed by atoms with Crippen LogP contribution < -0.4 is 5.32 Å². The molecule has 152 valence electrons. The van der Waals surface area contributed by atoms with Gasteiger partial charge < -0.3 is 10.2 Å². The zero-order valence-corrected chi connectivity index (χ0v) is 17.3. The summed E-state index contributed by atoms with van der Waals surface area (Å²) in [5.74, 6) is -0.382. The first-order valence-corrected chi connectivity index (χ1v) is 10.1. The van der Waals surface area contributed by atoms with Crippen molar-refractivity contribution in [2.24, 2.45) is 5.92 Å². The van der Waals surface area contributed by atoms with Crippen LogP contribution in [-0.2, 0) is 16.1 Å². The Morgan fingerprint density at radius 1 is 1.21 bits per heavy atom. The second-order valence-electron chi connectivity index (χ2n) is 9.08. The van der Waals surface area contributed by atoms with E-state index in [1.807, 2.05) is 58.0 Å². The second kappa shape index (κ2) is 7.57. The number of rotatable bonds is 4. The van der Waals surface area contributed by atoms with Crippen LogP contribution in [0.2, 0.25) is 0 Å². The Bertz CT molecular complexity index is 756. The molecule has 2 unspecified atom stereocenters. The third-order valence-electron chi connectivity index (χ3n) is 6.09. The lowest BCUT2D eigenvalue weighted by Gasteiger charge is -2.38. The van der Waals surface area contributed by atoms with Crippen LogP contribution in [-0.4, -0.2) is 45.3 Å². The fourth-order valence-electron chi connectivity index (χ4n) is 4.33. The highest BCUT2D eigenvalue weighted by Crippen LogP contribution is 2.38. The minimum Gasteiger partial charge on any atom is -0.332 e. The summed E-state index contributed by atoms with van der Waals surface area (Å²) in [6.07, 6.45) is 3.55. The highest BCUT2D eigenvalue weighted by Gasteiger charge is 2.55. The molecule has 1 heterocycles. The molecule has 4 amide bonds. The fourth-order valence-corrected chi connectivity index (χ4v) is 4.33. The zero-order valence-electron chi connectivity index (χ0n) is 17.3. The highest BCUT2D eigenvalue weighted by molar-refractivity contribution is 6.09. The first-order valence-electron chi connectivity index (χ1n) is 10.1. The van der Waals surface area contributed by atoms with Gasteiger partial charge in [-0.2, -0.15) is 0 Å². The SMILES string of the molecule is CC1CCCCC12NC(=O)N(CC(=O)N(Cc1ccccc1)C(C)(C)C)C2=O. The van der Waals surface area contributed by atoms with Gasteiger partial charge in [-0.1, -0.05) is 50.1 Å². The molecule has 2 atom stereocenters. The maximum Gasteiger partial charge on any atom is 0.325 e. The summed E-state index contributed by atoms with van der Waals surface area (Å²) in [6.45, 7) is 8.12. The van der Waals surface area contributed by atoms with Crippen LogP contribution in [0.15, 0.2) is 30.3 Å². The molecular weight excluding hydrogens is 354 g/mol. The maximum absolute atomic E-state index is 13.1. The largest absolute Gasteiger partial charge is 0.332 e. The predicted molar refractivity (Wildman–Crippen MR) is 107 cm³/mol. The Labute approximate surface area is 167 Å². The van der Waals surface area contributed by atoms with Crippen LogP contribution in [0.1, 0.15) is 58.9 Å². The normalized spacial score (nSPS) is 25.1. The van der Waals surface area contributed by atoms with Gasteiger partial charge in [-0.25, -0.2) is 4.79 Å². The molecular formula is C22H31N3O3. The van der Waals surface area contributed by atoms with Gasteiger partial charge in [0.25, 0.3) is 5.91 Å². The van der Waals surface area contributed by atoms with Crippen LogP contribution in [0.4, 0.5) is 4.79 Å². The van der Waals surface area contributed by atoms with E-state index in [1.54, 1.807) is 4.90 Å². The van der Waals surface area contributed by atoms with E-state index in [0.29, 0.717) is 13.0 Å². The smallest absolute Gasteiger partial charge is 0.325 e. The number of urea groups is 1. The molecule has 6 heteroatoms. The quantitative estimate of drug-likeness (QED) is 0.809. The minimum atomic E-state index is -0.832. The van der Waals surface area contributed by atoms with Crippen molar-refractivity contribution < 1.29 is 14.4 Å². The van der Waals surface area contributed by atoms with E-state index < -0.39 is 17.1 Å². The van der Waals surface area contributed by atoms with Crippen molar-refractivity contribution in [1.82, 2.24) is 15.1 Å². The number of hydrogen-bond donors (Lipinski definition) is 1. The van der Waals surface area contributed by atoms with E-state index in [9.17, 15) is 14.4 Å². The predicted octanol–water partition coefficient (Wildman–Crippen LogP) is 3.31. The number of imide groups is 1. The number of hydrogen-bond acceptors (Lipinski definition) is 3. The highest BCUT2D eigenvalue weighted by atomic mass is 16.2. The number of amides is 4. The molecule has 6 nitrogen and oxygen atoms in total. The Morgan fingerprint density at radius 2 is 1.89 bits per heavy atom. The average molecular weight is 386 g/mol. The Hall–Kier alpha value is -2.37. The molecule has 1 saturated heterocycles. The van der Waals surface area contributed by atoms with Crippen molar-refractivity contribution in [2.75, 3.05) is 6.54 Å². The molecule has 1 spiro atoms. The summed E-state index contributed by atoms with van der Waals surface area (Å²) >= 11 is 0. The minimum absolute atomic E-state index is 0.0841.